The van der Waals surface area contributed by atoms with Gasteiger partial charge in [-0.25, -0.2) is 10.0 Å². The fourth-order valence-electron chi connectivity index (χ4n) is 2.45. The van der Waals surface area contributed by atoms with Crippen LogP contribution in [0.5, 0.6) is 0 Å². The van der Waals surface area contributed by atoms with Crippen LogP contribution in [0.2, 0.25) is 0 Å². The van der Waals surface area contributed by atoms with Crippen LogP contribution in [0, 0.1) is 5.41 Å². The number of hydrogen-bond acceptors (Lipinski definition) is 4. The van der Waals surface area contributed by atoms with Crippen molar-refractivity contribution in [1.29, 1.82) is 5.41 Å². The van der Waals surface area contributed by atoms with Crippen molar-refractivity contribution >= 4 is 28.5 Å². The first kappa shape index (κ1) is 14.7. The van der Waals surface area contributed by atoms with Gasteiger partial charge in [-0.3, -0.25) is 10.8 Å². The SMILES string of the molecule is CSC1=N[C@@](C)(c2ccccc2)C(=N)N1Nc1ccccc1. The highest BCUT2D eigenvalue weighted by Crippen LogP contribution is 2.35. The maximum Gasteiger partial charge on any atom is 0.185 e. The number of nitrogens with zero attached hydrogens (tertiary/aromatic N) is 2. The Kier molecular flexibility index (Phi) is 3.90. The van der Waals surface area contributed by atoms with Crippen molar-refractivity contribution in [3.63, 3.8) is 0 Å². The summed E-state index contributed by atoms with van der Waals surface area (Å²) in [6, 6.07) is 19.8. The van der Waals surface area contributed by atoms with Gasteiger partial charge in [-0.2, -0.15) is 0 Å². The fraction of sp³-hybridized carbons (Fsp3) is 0.176. The topological polar surface area (TPSA) is 51.5 Å². The Morgan fingerprint density at radius 2 is 1.64 bits per heavy atom. The van der Waals surface area contributed by atoms with Gasteiger partial charge >= 0.3 is 0 Å². The first-order valence-electron chi connectivity index (χ1n) is 7.05. The molecule has 0 radical (unpaired) electrons. The molecule has 1 atom stereocenters. The Morgan fingerprint density at radius 1 is 1.05 bits per heavy atom. The van der Waals surface area contributed by atoms with E-state index in [0.29, 0.717) is 5.84 Å². The minimum atomic E-state index is -0.665. The van der Waals surface area contributed by atoms with Crippen molar-refractivity contribution in [3.8, 4) is 0 Å². The van der Waals surface area contributed by atoms with Gasteiger partial charge in [-0.1, -0.05) is 60.3 Å². The molecular weight excluding hydrogens is 292 g/mol. The minimum absolute atomic E-state index is 0.423. The Balaban J connectivity index is 1.94. The Morgan fingerprint density at radius 3 is 2.23 bits per heavy atom. The van der Waals surface area contributed by atoms with Gasteiger partial charge in [0.25, 0.3) is 0 Å². The average molecular weight is 310 g/mol. The van der Waals surface area contributed by atoms with Gasteiger partial charge in [0.2, 0.25) is 0 Å². The van der Waals surface area contributed by atoms with E-state index in [1.54, 1.807) is 5.01 Å². The summed E-state index contributed by atoms with van der Waals surface area (Å²) >= 11 is 1.53. The highest BCUT2D eigenvalue weighted by molar-refractivity contribution is 8.13. The Labute approximate surface area is 134 Å². The molecular formula is C17H18N4S. The van der Waals surface area contributed by atoms with E-state index in [-0.39, 0.29) is 0 Å². The second-order valence-corrected chi connectivity index (χ2v) is 5.97. The normalized spacial score (nSPS) is 20.9. The lowest BCUT2D eigenvalue weighted by molar-refractivity contribution is 0.637. The number of para-hydroxylation sites is 1. The molecule has 1 aliphatic rings. The number of aliphatic imine (C=N–C) groups is 1. The van der Waals surface area contributed by atoms with E-state index in [0.717, 1.165) is 16.4 Å². The predicted octanol–water partition coefficient (Wildman–Crippen LogP) is 3.94. The molecule has 0 amide bonds. The van der Waals surface area contributed by atoms with Gasteiger partial charge in [0.05, 0.1) is 5.69 Å². The third kappa shape index (κ3) is 2.48. The number of nitrogens with one attached hydrogen (secondary N) is 2. The highest BCUT2D eigenvalue weighted by Gasteiger charge is 2.43. The molecule has 0 spiro atoms. The van der Waals surface area contributed by atoms with Crippen LogP contribution in [0.1, 0.15) is 12.5 Å². The number of amidine groups is 2. The number of hydrogen-bond donors (Lipinski definition) is 2. The van der Waals surface area contributed by atoms with Crippen molar-refractivity contribution < 1.29 is 0 Å². The molecule has 0 bridgehead atoms. The molecule has 0 aromatic heterocycles. The second kappa shape index (κ2) is 5.85. The van der Waals surface area contributed by atoms with Gasteiger partial charge in [0.15, 0.2) is 11.0 Å². The molecule has 3 rings (SSSR count). The standard InChI is InChI=1S/C17H18N4S/c1-17(13-9-5-3-6-10-13)15(18)21(16(19-17)22-2)20-14-11-7-4-8-12-14/h3-12,18,20H,1-2H3/t17-/m0/s1. The molecule has 1 aliphatic heterocycles. The van der Waals surface area contributed by atoms with Gasteiger partial charge in [-0.05, 0) is 30.9 Å². The van der Waals surface area contributed by atoms with Crippen molar-refractivity contribution in [1.82, 2.24) is 5.01 Å². The van der Waals surface area contributed by atoms with Crippen molar-refractivity contribution in [2.24, 2.45) is 4.99 Å². The zero-order chi connectivity index (χ0) is 15.6. The largest absolute Gasteiger partial charge is 0.291 e. The molecule has 0 saturated carbocycles. The molecule has 0 aliphatic carbocycles. The van der Waals surface area contributed by atoms with Crippen LogP contribution in [-0.2, 0) is 5.54 Å². The molecule has 2 N–H and O–H groups in total. The summed E-state index contributed by atoms with van der Waals surface area (Å²) < 4.78 is 0. The molecule has 0 fully saturated rings. The summed E-state index contributed by atoms with van der Waals surface area (Å²) in [5.41, 5.74) is 4.56. The average Bonchev–Trinajstić information content (AvgIpc) is 2.82. The maximum absolute atomic E-state index is 8.62. The molecule has 1 heterocycles. The quantitative estimate of drug-likeness (QED) is 0.903. The smallest absolute Gasteiger partial charge is 0.185 e. The third-order valence-corrected chi connectivity index (χ3v) is 4.37. The second-order valence-electron chi connectivity index (χ2n) is 5.20. The van der Waals surface area contributed by atoms with Crippen LogP contribution < -0.4 is 5.43 Å². The summed E-state index contributed by atoms with van der Waals surface area (Å²) in [7, 11) is 0. The third-order valence-electron chi connectivity index (χ3n) is 3.73. The monoisotopic (exact) mass is 310 g/mol. The van der Waals surface area contributed by atoms with E-state index in [4.69, 9.17) is 10.4 Å². The lowest BCUT2D eigenvalue weighted by Gasteiger charge is -2.26. The molecule has 0 unspecified atom stereocenters. The van der Waals surface area contributed by atoms with Crippen molar-refractivity contribution in [3.05, 3.63) is 66.2 Å². The van der Waals surface area contributed by atoms with Crippen LogP contribution in [0.25, 0.3) is 0 Å². The van der Waals surface area contributed by atoms with E-state index < -0.39 is 5.54 Å². The summed E-state index contributed by atoms with van der Waals surface area (Å²) in [6.07, 6.45) is 1.97. The highest BCUT2D eigenvalue weighted by atomic mass is 32.2. The summed E-state index contributed by atoms with van der Waals surface area (Å²) in [6.45, 7) is 1.98. The summed E-state index contributed by atoms with van der Waals surface area (Å²) in [5.74, 6) is 0.423. The zero-order valence-electron chi connectivity index (χ0n) is 12.6. The number of thioether (sulfide) groups is 1. The van der Waals surface area contributed by atoms with E-state index in [1.807, 2.05) is 73.8 Å². The van der Waals surface area contributed by atoms with Crippen LogP contribution in [0.4, 0.5) is 5.69 Å². The van der Waals surface area contributed by atoms with Gasteiger partial charge < -0.3 is 0 Å². The lowest BCUT2D eigenvalue weighted by Crippen LogP contribution is -2.41. The van der Waals surface area contributed by atoms with Gasteiger partial charge in [0, 0.05) is 0 Å². The predicted molar refractivity (Wildman–Crippen MR) is 94.4 cm³/mol. The number of hydrazine groups is 1. The first-order chi connectivity index (χ1) is 10.6. The summed E-state index contributed by atoms with van der Waals surface area (Å²) in [4.78, 5) is 4.79. The lowest BCUT2D eigenvalue weighted by atomic mass is 9.92. The number of anilines is 1. The van der Waals surface area contributed by atoms with E-state index in [9.17, 15) is 0 Å². The van der Waals surface area contributed by atoms with Crippen LogP contribution >= 0.6 is 11.8 Å². The molecule has 4 nitrogen and oxygen atoms in total. The van der Waals surface area contributed by atoms with Crippen molar-refractivity contribution in [2.75, 3.05) is 11.7 Å². The maximum atomic E-state index is 8.62. The molecule has 2 aromatic rings. The van der Waals surface area contributed by atoms with Crippen LogP contribution in [-0.4, -0.2) is 22.3 Å². The van der Waals surface area contributed by atoms with E-state index in [1.165, 1.54) is 11.8 Å². The molecule has 112 valence electrons. The number of rotatable bonds is 3. The number of benzene rings is 2. The van der Waals surface area contributed by atoms with Crippen molar-refractivity contribution in [2.45, 2.75) is 12.5 Å². The molecule has 2 aromatic carbocycles. The van der Waals surface area contributed by atoms with Crippen LogP contribution in [0.3, 0.4) is 0 Å². The van der Waals surface area contributed by atoms with Crippen LogP contribution in [0.15, 0.2) is 65.7 Å². The minimum Gasteiger partial charge on any atom is -0.291 e. The van der Waals surface area contributed by atoms with Gasteiger partial charge in [-0.15, -0.1) is 0 Å². The van der Waals surface area contributed by atoms with E-state index >= 15 is 0 Å². The molecule has 5 heteroatoms. The fourth-order valence-corrected chi connectivity index (χ4v) is 3.05. The van der Waals surface area contributed by atoms with E-state index in [2.05, 4.69) is 5.43 Å². The zero-order valence-corrected chi connectivity index (χ0v) is 13.4. The Hall–Kier alpha value is -2.27. The Bertz CT molecular complexity index is 699. The summed E-state index contributed by atoms with van der Waals surface area (Å²) in [5, 5.41) is 11.2. The molecule has 22 heavy (non-hydrogen) atoms. The molecule has 0 saturated heterocycles. The van der Waals surface area contributed by atoms with Gasteiger partial charge in [0.1, 0.15) is 5.54 Å². The first-order valence-corrected chi connectivity index (χ1v) is 8.28.